The highest BCUT2D eigenvalue weighted by molar-refractivity contribution is 7.14. The van der Waals surface area contributed by atoms with Gasteiger partial charge in [-0.1, -0.05) is 239 Å². The summed E-state index contributed by atoms with van der Waals surface area (Å²) in [6.45, 7) is 48.6. The summed E-state index contributed by atoms with van der Waals surface area (Å²) in [5.74, 6) is -4.67. The fourth-order valence-electron chi connectivity index (χ4n) is 15.6. The largest absolute Gasteiger partial charge is 0.464 e. The molecule has 0 radical (unpaired) electrons. The van der Waals surface area contributed by atoms with Crippen molar-refractivity contribution in [2.75, 3.05) is 32.8 Å². The number of amides is 6. The Balaban J connectivity index is 0.000000272. The molecular formula is C101H148N12O17S3. The molecule has 0 saturated carbocycles. The van der Waals surface area contributed by atoms with E-state index in [0.717, 1.165) is 59.4 Å². The Labute approximate surface area is 798 Å². The van der Waals surface area contributed by atoms with Gasteiger partial charge in [0.2, 0.25) is 35.4 Å². The number of ketones is 3. The molecule has 6 heterocycles. The first-order valence-electron chi connectivity index (χ1n) is 46.2. The zero-order valence-electron chi connectivity index (χ0n) is 83.0. The first-order valence-corrected chi connectivity index (χ1v) is 48.8. The van der Waals surface area contributed by atoms with E-state index >= 15 is 0 Å². The number of rotatable bonds is 33. The van der Waals surface area contributed by atoms with E-state index in [1.165, 1.54) is 26.0 Å². The van der Waals surface area contributed by atoms with Crippen molar-refractivity contribution in [2.24, 2.45) is 61.5 Å². The number of ether oxygens (including phenoxy) is 3. The Bertz CT molecular complexity index is 4980. The average molecular weight is 1900 g/mol. The summed E-state index contributed by atoms with van der Waals surface area (Å²) in [5.41, 5.74) is 27.1. The number of likely N-dealkylation sites (tertiary alicyclic amines) is 3. The number of aryl methyl sites for hydroxylation is 2. The van der Waals surface area contributed by atoms with Gasteiger partial charge in [-0.15, -0.1) is 34.0 Å². The van der Waals surface area contributed by atoms with Gasteiger partial charge in [0.15, 0.2) is 17.3 Å². The summed E-state index contributed by atoms with van der Waals surface area (Å²) < 4.78 is 16.7. The highest BCUT2D eigenvalue weighted by Gasteiger charge is 2.50. The Morgan fingerprint density at radius 1 is 0.451 bits per heavy atom. The van der Waals surface area contributed by atoms with Gasteiger partial charge < -0.3 is 72.3 Å². The van der Waals surface area contributed by atoms with Crippen molar-refractivity contribution in [3.05, 3.63) is 123 Å². The van der Waals surface area contributed by atoms with Crippen molar-refractivity contribution in [1.82, 2.24) is 45.6 Å². The van der Waals surface area contributed by atoms with Crippen LogP contribution in [0.5, 0.6) is 0 Å². The quantitative estimate of drug-likeness (QED) is 0.0140. The lowest BCUT2D eigenvalue weighted by Crippen LogP contribution is -2.58. The third-order valence-corrected chi connectivity index (χ3v) is 27.2. The van der Waals surface area contributed by atoms with Gasteiger partial charge in [0.1, 0.15) is 42.9 Å². The molecule has 0 bridgehead atoms. The smallest absolute Gasteiger partial charge is 0.323 e. The molecule has 0 spiro atoms. The molecule has 133 heavy (non-hydrogen) atoms. The number of β-amino-alcohol motifs (C(OH)–C–C–N with tert-alkyl or cyclic N) is 2. The van der Waals surface area contributed by atoms with Crippen molar-refractivity contribution in [1.29, 1.82) is 0 Å². The van der Waals surface area contributed by atoms with Gasteiger partial charge in [0, 0.05) is 80.2 Å². The van der Waals surface area contributed by atoms with Gasteiger partial charge in [0.25, 0.3) is 0 Å². The minimum atomic E-state index is -0.901. The number of esters is 3. The van der Waals surface area contributed by atoms with Crippen molar-refractivity contribution in [3.8, 4) is 31.3 Å². The second-order valence-electron chi connectivity index (χ2n) is 42.9. The molecule has 3 aromatic heterocycles. The fourth-order valence-corrected chi connectivity index (χ4v) is 18.0. The molecular weight excluding hydrogens is 1750 g/mol. The van der Waals surface area contributed by atoms with E-state index in [9.17, 15) is 67.7 Å². The molecule has 3 aromatic carbocycles. The summed E-state index contributed by atoms with van der Waals surface area (Å²) in [6, 6.07) is 17.2. The molecule has 11 N–H and O–H groups in total. The van der Waals surface area contributed by atoms with E-state index in [1.54, 1.807) is 96.0 Å². The summed E-state index contributed by atoms with van der Waals surface area (Å²) >= 11 is 4.58. The SMILES string of the molecule is CC(CC(=O)C1CC(O)CN1C(=O)C(NC(=O)C(C)(C)C)C(C)(C)C)c1ccc(-c2scnc2COC(=O)[C@@H](N)C(C)C)cc1.Cc1ncsc1-c1ccc(C(C)CC(=O)C2CC(OC(=O)CCCN)CN2C(=O)C(NC(=O)C(C)(C)C)C(C)(C)C)cc1.Cc1ncsc1-c1ccc(C(COC(=O)[C@@H](N)C(C)C)CC(=O)C2CC(O)CN2C(=O)C(NC(=O)C(C)(C)C)C(C)(C)C)cc1. The van der Waals surface area contributed by atoms with Crippen molar-refractivity contribution >= 4 is 105 Å². The summed E-state index contributed by atoms with van der Waals surface area (Å²) in [7, 11) is 0. The number of benzene rings is 3. The lowest BCUT2D eigenvalue weighted by Gasteiger charge is -2.37. The van der Waals surface area contributed by atoms with Gasteiger partial charge in [-0.2, -0.15) is 0 Å². The Morgan fingerprint density at radius 2 is 0.782 bits per heavy atom. The molecule has 0 aliphatic carbocycles. The molecule has 14 atom stereocenters. The molecule has 3 fully saturated rings. The number of thiazole rings is 3. The molecule has 29 nitrogen and oxygen atoms in total. The summed E-state index contributed by atoms with van der Waals surface area (Å²) in [5, 5.41) is 29.9. The third kappa shape index (κ3) is 30.8. The lowest BCUT2D eigenvalue weighted by molar-refractivity contribution is -0.150. The molecule has 6 amide bonds. The van der Waals surface area contributed by atoms with Crippen LogP contribution in [0.2, 0.25) is 0 Å². The Hall–Kier alpha value is -9.41. The number of aliphatic hydroxyl groups is 2. The van der Waals surface area contributed by atoms with Crippen LogP contribution in [0, 0.1) is 58.2 Å². The first kappa shape index (κ1) is 111. The zero-order valence-corrected chi connectivity index (χ0v) is 85.4. The molecule has 6 aromatic rings. The number of carbonyl (C=O) groups excluding carboxylic acids is 12. The van der Waals surface area contributed by atoms with Crippen LogP contribution in [-0.2, 0) is 78.4 Å². The fraction of sp³-hybridized carbons (Fsp3) is 0.614. The minimum absolute atomic E-state index is 0.0149. The monoisotopic (exact) mass is 1900 g/mol. The second kappa shape index (κ2) is 46.9. The normalized spacial score (nSPS) is 19.1. The van der Waals surface area contributed by atoms with Crippen LogP contribution in [0.15, 0.2) is 89.3 Å². The highest BCUT2D eigenvalue weighted by Crippen LogP contribution is 2.39. The highest BCUT2D eigenvalue weighted by atomic mass is 32.1. The first-order chi connectivity index (χ1) is 61.6. The number of nitrogens with two attached hydrogens (primary N) is 3. The van der Waals surface area contributed by atoms with Gasteiger partial charge in [-0.3, -0.25) is 57.5 Å². The number of carbonyl (C=O) groups is 12. The van der Waals surface area contributed by atoms with Gasteiger partial charge in [0.05, 0.1) is 91.7 Å². The van der Waals surface area contributed by atoms with Gasteiger partial charge in [-0.05, 0) is 100 Å². The maximum absolute atomic E-state index is 14.1. The number of hydrogen-bond donors (Lipinski definition) is 8. The summed E-state index contributed by atoms with van der Waals surface area (Å²) in [6.07, 6.45) is -0.778. The van der Waals surface area contributed by atoms with Crippen LogP contribution >= 0.6 is 34.0 Å². The van der Waals surface area contributed by atoms with Crippen LogP contribution < -0.4 is 33.2 Å². The average Bonchev–Trinajstić information content (AvgIpc) is 1.68. The standard InChI is InChI=1S/2C34H50N4O6S.C33H48N4O5S/c1-19(2)27(35)31(42)44-17-23(21-10-12-22(13-11-21)28-20(3)36-18-45-28)14-26(40)25-15-24(39)16-38(25)30(41)29(33(4,5)6)37-32(43)34(7,8)9;1-19(2)27(35)31(42)44-17-24-28(45-18-36-24)22-12-10-21(11-13-22)20(3)14-26(40)25-15-23(39)16-38(25)30(41)29(33(4,5)6)37-32(43)34(7,8)9;1-20(22-11-13-23(14-12-22)28-21(2)35-19-43-28)16-26(38)25-17-24(42-27(39)10-9-15-34)18-37(25)30(40)29(32(3,4)5)36-31(41)33(6,7)8/h10-13,18-19,23-25,27,29,39H,14-17,35H2,1-9H3,(H,37,43);10-13,18-20,23,25,27,29,39H,14-17,35H2,1-9H3,(H,37,43);11-14,19-20,24-25,29H,9-10,15-18,34H2,1-8H3,(H,36,41)/t23?,24?,25?,27-,29?;20?,23?,25?,27-,29?;/m00./s1. The van der Waals surface area contributed by atoms with E-state index in [4.69, 9.17) is 31.4 Å². The van der Waals surface area contributed by atoms with E-state index in [2.05, 4.69) is 30.9 Å². The number of aliphatic hydroxyl groups excluding tert-OH is 2. The maximum Gasteiger partial charge on any atom is 0.323 e. The minimum Gasteiger partial charge on any atom is -0.464 e. The Morgan fingerprint density at radius 3 is 1.13 bits per heavy atom. The van der Waals surface area contributed by atoms with Gasteiger partial charge >= 0.3 is 17.9 Å². The molecule has 3 aliphatic heterocycles. The predicted octanol–water partition coefficient (Wildman–Crippen LogP) is 13.7. The molecule has 9 rings (SSSR count). The number of nitrogens with one attached hydrogen (secondary N) is 3. The van der Waals surface area contributed by atoms with Crippen molar-refractivity contribution in [2.45, 2.75) is 322 Å². The lowest BCUT2D eigenvalue weighted by atomic mass is 9.84. The van der Waals surface area contributed by atoms with Crippen LogP contribution in [0.1, 0.15) is 269 Å². The molecule has 12 unspecified atom stereocenters. The van der Waals surface area contributed by atoms with E-state index in [0.29, 0.717) is 18.7 Å². The topological polar surface area (TPSA) is 436 Å². The van der Waals surface area contributed by atoms with E-state index in [-0.39, 0.29) is 148 Å². The van der Waals surface area contributed by atoms with Crippen molar-refractivity contribution in [3.63, 3.8) is 0 Å². The number of nitrogens with zero attached hydrogens (tertiary/aromatic N) is 6. The maximum atomic E-state index is 14.1. The van der Waals surface area contributed by atoms with Crippen LogP contribution in [0.25, 0.3) is 31.3 Å². The second-order valence-corrected chi connectivity index (χ2v) is 45.5. The molecule has 32 heteroatoms. The van der Waals surface area contributed by atoms with Gasteiger partial charge in [-0.25, -0.2) is 15.0 Å². The number of aromatic nitrogens is 3. The summed E-state index contributed by atoms with van der Waals surface area (Å²) in [4.78, 5) is 180. The molecule has 732 valence electrons. The zero-order chi connectivity index (χ0) is 99.8. The van der Waals surface area contributed by atoms with Crippen LogP contribution in [0.4, 0.5) is 0 Å². The van der Waals surface area contributed by atoms with Crippen LogP contribution in [-0.4, -0.2) is 210 Å². The van der Waals surface area contributed by atoms with Crippen molar-refractivity contribution < 1.29 is 82.0 Å². The predicted molar refractivity (Wildman–Crippen MR) is 520 cm³/mol. The number of Topliss-reactive ketones (excluding diaryl/α,β-unsaturated/α-hetero) is 3. The Kier molecular flexibility index (Phi) is 39.0. The number of hydrogen-bond acceptors (Lipinski definition) is 26. The van der Waals surface area contributed by atoms with E-state index in [1.807, 2.05) is 196 Å². The molecule has 3 aliphatic rings. The molecule has 3 saturated heterocycles. The van der Waals surface area contributed by atoms with Crippen LogP contribution in [0.3, 0.4) is 0 Å². The third-order valence-electron chi connectivity index (χ3n) is 24.4. The van der Waals surface area contributed by atoms with E-state index < -0.39 is 129 Å².